The fourth-order valence-electron chi connectivity index (χ4n) is 3.04. The van der Waals surface area contributed by atoms with Gasteiger partial charge in [0.25, 0.3) is 0 Å². The van der Waals surface area contributed by atoms with Crippen LogP contribution in [0.25, 0.3) is 0 Å². The zero-order valence-electron chi connectivity index (χ0n) is 19.3. The Morgan fingerprint density at radius 3 is 2.44 bits per heavy atom. The number of nitrogens with two attached hydrogens (primary N) is 1. The number of aryl methyl sites for hydroxylation is 1. The average Bonchev–Trinajstić information content (AvgIpc) is 2.85. The highest BCUT2D eigenvalue weighted by Gasteiger charge is 2.15. The molecule has 0 aliphatic carbocycles. The Labute approximate surface area is 205 Å². The number of carbonyl (C=O) groups excluding carboxylic acids is 3. The molecule has 2 aromatic rings. The third-order valence-corrected chi connectivity index (χ3v) is 5.36. The van der Waals surface area contributed by atoms with E-state index >= 15 is 0 Å². The summed E-state index contributed by atoms with van der Waals surface area (Å²) in [6.45, 7) is 3.14. The van der Waals surface area contributed by atoms with Gasteiger partial charge in [-0.2, -0.15) is 0 Å². The van der Waals surface area contributed by atoms with Gasteiger partial charge in [-0.05, 0) is 42.2 Å². The fourth-order valence-corrected chi connectivity index (χ4v) is 3.24. The summed E-state index contributed by atoms with van der Waals surface area (Å²) in [6.07, 6.45) is 0.826. The molecule has 0 radical (unpaired) electrons. The van der Waals surface area contributed by atoms with Crippen molar-refractivity contribution >= 4 is 35.3 Å². The summed E-state index contributed by atoms with van der Waals surface area (Å²) in [5, 5.41) is 8.72. The molecule has 0 bridgehead atoms. The number of nitrogens with one attached hydrogen (secondary N) is 3. The number of nitrogens with zero attached hydrogens (tertiary/aromatic N) is 1. The zero-order chi connectivity index (χ0) is 24.8. The molecule has 0 atom stereocenters. The molecule has 34 heavy (non-hydrogen) atoms. The van der Waals surface area contributed by atoms with Gasteiger partial charge in [-0.15, -0.1) is 0 Å². The molecule has 5 N–H and O–H groups in total. The van der Waals surface area contributed by atoms with E-state index in [1.54, 1.807) is 6.07 Å². The Bertz CT molecular complexity index is 939. The molecule has 2 rings (SSSR count). The van der Waals surface area contributed by atoms with Gasteiger partial charge in [-0.3, -0.25) is 10.1 Å². The predicted octanol–water partition coefficient (Wildman–Crippen LogP) is 3.13. The summed E-state index contributed by atoms with van der Waals surface area (Å²) >= 11 is 6.16. The highest BCUT2D eigenvalue weighted by Crippen LogP contribution is 2.14. The van der Waals surface area contributed by atoms with Crippen LogP contribution in [0.4, 0.5) is 15.3 Å². The standard InChI is InChI=1S/C24H32ClN5O4/c1-2-18-8-10-20(11-9-18)29-24(33)34-15-14-30(13-5-12-27-22(31)16-26)23(32)28-17-19-6-3-4-7-21(19)25/h3-4,6-11H,2,5,12-17,26H2,1H3,(H,27,31)(H,28,32)(H,29,33). The fraction of sp³-hybridized carbons (Fsp3) is 0.375. The first kappa shape index (κ1) is 26.9. The van der Waals surface area contributed by atoms with Crippen LogP contribution in [0, 0.1) is 0 Å². The summed E-state index contributed by atoms with van der Waals surface area (Å²) in [7, 11) is 0. The monoisotopic (exact) mass is 489 g/mol. The molecular weight excluding hydrogens is 458 g/mol. The Hall–Kier alpha value is -3.30. The molecule has 2 aromatic carbocycles. The first-order valence-electron chi connectivity index (χ1n) is 11.2. The highest BCUT2D eigenvalue weighted by molar-refractivity contribution is 6.31. The molecule has 4 amide bonds. The molecule has 10 heteroatoms. The van der Waals surface area contributed by atoms with Gasteiger partial charge in [0.05, 0.1) is 13.1 Å². The lowest BCUT2D eigenvalue weighted by Gasteiger charge is -2.23. The van der Waals surface area contributed by atoms with Crippen LogP contribution in [-0.4, -0.2) is 55.7 Å². The molecule has 9 nitrogen and oxygen atoms in total. The Morgan fingerprint density at radius 1 is 1.03 bits per heavy atom. The minimum Gasteiger partial charge on any atom is -0.447 e. The van der Waals surface area contributed by atoms with Crippen molar-refractivity contribution in [2.24, 2.45) is 5.73 Å². The molecule has 0 aliphatic rings. The maximum absolute atomic E-state index is 12.7. The summed E-state index contributed by atoms with van der Waals surface area (Å²) in [5.74, 6) is -0.262. The van der Waals surface area contributed by atoms with Crippen molar-refractivity contribution < 1.29 is 19.1 Å². The van der Waals surface area contributed by atoms with Crippen molar-refractivity contribution in [3.8, 4) is 0 Å². The largest absolute Gasteiger partial charge is 0.447 e. The lowest BCUT2D eigenvalue weighted by molar-refractivity contribution is -0.119. The van der Waals surface area contributed by atoms with E-state index < -0.39 is 6.09 Å². The van der Waals surface area contributed by atoms with Gasteiger partial charge in [0.1, 0.15) is 6.61 Å². The third kappa shape index (κ3) is 9.68. The summed E-state index contributed by atoms with van der Waals surface area (Å²) < 4.78 is 5.25. The smallest absolute Gasteiger partial charge is 0.411 e. The first-order valence-corrected chi connectivity index (χ1v) is 11.6. The van der Waals surface area contributed by atoms with Crippen LogP contribution < -0.4 is 21.7 Å². The van der Waals surface area contributed by atoms with E-state index in [1.807, 2.05) is 42.5 Å². The Morgan fingerprint density at radius 2 is 1.76 bits per heavy atom. The van der Waals surface area contributed by atoms with Gasteiger partial charge in [0.15, 0.2) is 0 Å². The van der Waals surface area contributed by atoms with E-state index in [0.717, 1.165) is 12.0 Å². The van der Waals surface area contributed by atoms with E-state index in [9.17, 15) is 14.4 Å². The van der Waals surface area contributed by atoms with Crippen LogP contribution >= 0.6 is 11.6 Å². The van der Waals surface area contributed by atoms with Gasteiger partial charge >= 0.3 is 12.1 Å². The van der Waals surface area contributed by atoms with Crippen molar-refractivity contribution in [2.75, 3.05) is 38.1 Å². The van der Waals surface area contributed by atoms with Crippen LogP contribution in [0.2, 0.25) is 5.02 Å². The summed E-state index contributed by atoms with van der Waals surface area (Å²) in [6, 6.07) is 14.4. The van der Waals surface area contributed by atoms with E-state index in [4.69, 9.17) is 22.1 Å². The topological polar surface area (TPSA) is 126 Å². The van der Waals surface area contributed by atoms with E-state index in [2.05, 4.69) is 22.9 Å². The highest BCUT2D eigenvalue weighted by atomic mass is 35.5. The molecule has 0 saturated heterocycles. The van der Waals surface area contributed by atoms with Gasteiger partial charge in [0.2, 0.25) is 5.91 Å². The lowest BCUT2D eigenvalue weighted by atomic mass is 10.1. The minimum absolute atomic E-state index is 0.00749. The quantitative estimate of drug-likeness (QED) is 0.341. The second-order valence-corrected chi connectivity index (χ2v) is 7.86. The molecule has 0 unspecified atom stereocenters. The second kappa shape index (κ2) is 14.8. The van der Waals surface area contributed by atoms with Gasteiger partial charge in [-0.1, -0.05) is 48.9 Å². The molecular formula is C24H32ClN5O4. The van der Waals surface area contributed by atoms with Gasteiger partial charge in [-0.25, -0.2) is 9.59 Å². The van der Waals surface area contributed by atoms with Crippen molar-refractivity contribution in [2.45, 2.75) is 26.3 Å². The molecule has 0 spiro atoms. The SMILES string of the molecule is CCc1ccc(NC(=O)OCCN(CCCNC(=O)CN)C(=O)NCc2ccccc2Cl)cc1. The van der Waals surface area contributed by atoms with Gasteiger partial charge in [0, 0.05) is 30.3 Å². The number of rotatable bonds is 12. The predicted molar refractivity (Wildman–Crippen MR) is 133 cm³/mol. The molecule has 0 saturated carbocycles. The third-order valence-electron chi connectivity index (χ3n) is 4.99. The summed E-state index contributed by atoms with van der Waals surface area (Å²) in [4.78, 5) is 37.7. The number of anilines is 1. The maximum Gasteiger partial charge on any atom is 0.411 e. The van der Waals surface area contributed by atoms with Crippen LogP contribution in [0.15, 0.2) is 48.5 Å². The van der Waals surface area contributed by atoms with E-state index in [0.29, 0.717) is 30.2 Å². The minimum atomic E-state index is -0.601. The van der Waals surface area contributed by atoms with Crippen LogP contribution in [0.1, 0.15) is 24.5 Å². The maximum atomic E-state index is 12.7. The summed E-state index contributed by atoms with van der Waals surface area (Å²) in [5.41, 5.74) is 7.87. The van der Waals surface area contributed by atoms with Crippen molar-refractivity contribution in [3.05, 3.63) is 64.7 Å². The number of carbonyl (C=O) groups is 3. The number of halogens is 1. The second-order valence-electron chi connectivity index (χ2n) is 7.46. The lowest BCUT2D eigenvalue weighted by Crippen LogP contribution is -2.43. The number of hydrogen-bond acceptors (Lipinski definition) is 5. The molecule has 0 heterocycles. The molecule has 184 valence electrons. The normalized spacial score (nSPS) is 10.3. The Kier molecular flexibility index (Phi) is 11.7. The van der Waals surface area contributed by atoms with E-state index in [1.165, 1.54) is 10.5 Å². The van der Waals surface area contributed by atoms with Crippen LogP contribution in [0.3, 0.4) is 0 Å². The van der Waals surface area contributed by atoms with Crippen LogP contribution in [-0.2, 0) is 22.5 Å². The Balaban J connectivity index is 1.85. The number of amides is 4. The van der Waals surface area contributed by atoms with Crippen molar-refractivity contribution in [3.63, 3.8) is 0 Å². The number of benzene rings is 2. The molecule has 0 fully saturated rings. The van der Waals surface area contributed by atoms with Crippen molar-refractivity contribution in [1.29, 1.82) is 0 Å². The van der Waals surface area contributed by atoms with Crippen LogP contribution in [0.5, 0.6) is 0 Å². The zero-order valence-corrected chi connectivity index (χ0v) is 20.1. The van der Waals surface area contributed by atoms with Crippen molar-refractivity contribution in [1.82, 2.24) is 15.5 Å². The molecule has 0 aromatic heterocycles. The van der Waals surface area contributed by atoms with Gasteiger partial charge < -0.3 is 26.0 Å². The first-order chi connectivity index (χ1) is 16.4. The number of hydrogen-bond donors (Lipinski definition) is 4. The number of ether oxygens (including phenoxy) is 1. The van der Waals surface area contributed by atoms with E-state index in [-0.39, 0.29) is 38.2 Å². The number of urea groups is 1. The molecule has 0 aliphatic heterocycles. The average molecular weight is 490 g/mol.